The van der Waals surface area contributed by atoms with Crippen molar-refractivity contribution < 1.29 is 4.79 Å². The molecule has 132 valence electrons. The number of nitrogens with zero attached hydrogens (tertiary/aromatic N) is 4. The van der Waals surface area contributed by atoms with Gasteiger partial charge in [-0.3, -0.25) is 18.7 Å². The number of rotatable bonds is 3. The molecule has 0 aliphatic carbocycles. The highest BCUT2D eigenvalue weighted by molar-refractivity contribution is 5.94. The molecule has 0 radical (unpaired) electrons. The van der Waals surface area contributed by atoms with Gasteiger partial charge in [0.15, 0.2) is 11.2 Å². The highest BCUT2D eigenvalue weighted by atomic mass is 16.2. The topological polar surface area (TPSA) is 107 Å². The minimum Gasteiger partial charge on any atom is -0.361 e. The number of carbonyl (C=O) groups is 1. The number of fused-ring (bicyclic) bond motifs is 2. The highest BCUT2D eigenvalue weighted by Gasteiger charge is 2.16. The molecule has 0 fully saturated rings. The molecule has 0 aliphatic rings. The Morgan fingerprint density at radius 2 is 2.00 bits per heavy atom. The molecule has 0 aliphatic heterocycles. The zero-order chi connectivity index (χ0) is 18.4. The average Bonchev–Trinajstić information content (AvgIpc) is 3.24. The lowest BCUT2D eigenvalue weighted by Gasteiger charge is -2.08. The summed E-state index contributed by atoms with van der Waals surface area (Å²) in [6, 6.07) is 7.49. The van der Waals surface area contributed by atoms with Crippen LogP contribution in [0.5, 0.6) is 0 Å². The molecule has 9 nitrogen and oxygen atoms in total. The van der Waals surface area contributed by atoms with Crippen molar-refractivity contribution in [3.8, 4) is 0 Å². The van der Waals surface area contributed by atoms with E-state index in [9.17, 15) is 14.4 Å². The third-order valence-electron chi connectivity index (χ3n) is 4.37. The Balaban J connectivity index is 1.65. The van der Waals surface area contributed by atoms with Crippen LogP contribution in [0.1, 0.15) is 0 Å². The molecule has 1 aromatic carbocycles. The molecule has 0 bridgehead atoms. The molecule has 3 aromatic heterocycles. The first-order valence-electron chi connectivity index (χ1n) is 7.93. The Kier molecular flexibility index (Phi) is 3.50. The molecule has 0 atom stereocenters. The molecule has 0 unspecified atom stereocenters. The van der Waals surface area contributed by atoms with Gasteiger partial charge in [0.05, 0.1) is 6.33 Å². The summed E-state index contributed by atoms with van der Waals surface area (Å²) in [5, 5.41) is 3.85. The van der Waals surface area contributed by atoms with E-state index in [0.29, 0.717) is 5.69 Å². The van der Waals surface area contributed by atoms with Crippen LogP contribution in [0.15, 0.2) is 46.4 Å². The van der Waals surface area contributed by atoms with Crippen LogP contribution in [0.3, 0.4) is 0 Å². The second-order valence-corrected chi connectivity index (χ2v) is 6.08. The third-order valence-corrected chi connectivity index (χ3v) is 4.37. The summed E-state index contributed by atoms with van der Waals surface area (Å²) in [5.41, 5.74) is 1.08. The number of hydrogen-bond donors (Lipinski definition) is 2. The van der Waals surface area contributed by atoms with Gasteiger partial charge < -0.3 is 14.9 Å². The maximum atomic E-state index is 12.4. The van der Waals surface area contributed by atoms with Crippen LogP contribution >= 0.6 is 0 Å². The predicted molar refractivity (Wildman–Crippen MR) is 97.1 cm³/mol. The minimum atomic E-state index is -0.485. The van der Waals surface area contributed by atoms with Crippen LogP contribution in [0.25, 0.3) is 22.1 Å². The molecule has 0 saturated heterocycles. The molecule has 4 aromatic rings. The zero-order valence-electron chi connectivity index (χ0n) is 14.2. The normalized spacial score (nSPS) is 11.3. The van der Waals surface area contributed by atoms with Crippen molar-refractivity contribution in [2.45, 2.75) is 6.54 Å². The first-order valence-corrected chi connectivity index (χ1v) is 7.93. The number of aromatic nitrogens is 5. The third kappa shape index (κ3) is 2.41. The van der Waals surface area contributed by atoms with Crippen LogP contribution in [-0.4, -0.2) is 29.6 Å². The molecular weight excluding hydrogens is 336 g/mol. The number of carbonyl (C=O) groups excluding carboxylic acids is 1. The van der Waals surface area contributed by atoms with Gasteiger partial charge in [-0.15, -0.1) is 0 Å². The summed E-state index contributed by atoms with van der Waals surface area (Å²) >= 11 is 0. The monoisotopic (exact) mass is 352 g/mol. The van der Waals surface area contributed by atoms with E-state index in [0.717, 1.165) is 15.5 Å². The lowest BCUT2D eigenvalue weighted by Crippen LogP contribution is -2.37. The molecule has 3 heterocycles. The Bertz CT molecular complexity index is 1270. The van der Waals surface area contributed by atoms with Crippen LogP contribution < -0.4 is 16.6 Å². The minimum absolute atomic E-state index is 0.0906. The number of aromatic amines is 1. The Labute approximate surface area is 146 Å². The van der Waals surface area contributed by atoms with Gasteiger partial charge in [0.25, 0.3) is 5.56 Å². The second-order valence-electron chi connectivity index (χ2n) is 6.08. The van der Waals surface area contributed by atoms with E-state index in [1.54, 1.807) is 0 Å². The van der Waals surface area contributed by atoms with E-state index in [-0.39, 0.29) is 23.6 Å². The van der Waals surface area contributed by atoms with Gasteiger partial charge in [-0.1, -0.05) is 6.07 Å². The van der Waals surface area contributed by atoms with E-state index in [1.807, 2.05) is 30.5 Å². The number of imidazole rings is 1. The van der Waals surface area contributed by atoms with Crippen LogP contribution in [0, 0.1) is 0 Å². The van der Waals surface area contributed by atoms with Gasteiger partial charge in [0.1, 0.15) is 6.54 Å². The molecule has 0 spiro atoms. The van der Waals surface area contributed by atoms with Crippen molar-refractivity contribution in [2.75, 3.05) is 5.32 Å². The summed E-state index contributed by atoms with van der Waals surface area (Å²) in [7, 11) is 2.93. The van der Waals surface area contributed by atoms with E-state index < -0.39 is 11.2 Å². The average molecular weight is 352 g/mol. The van der Waals surface area contributed by atoms with Crippen molar-refractivity contribution in [3.63, 3.8) is 0 Å². The van der Waals surface area contributed by atoms with Gasteiger partial charge in [-0.2, -0.15) is 0 Å². The van der Waals surface area contributed by atoms with E-state index in [2.05, 4.69) is 15.3 Å². The lowest BCUT2D eigenvalue weighted by atomic mass is 10.2. The van der Waals surface area contributed by atoms with Gasteiger partial charge in [0.2, 0.25) is 5.91 Å². The highest BCUT2D eigenvalue weighted by Crippen LogP contribution is 2.17. The molecule has 4 rings (SSSR count). The Morgan fingerprint density at radius 1 is 1.19 bits per heavy atom. The van der Waals surface area contributed by atoms with Crippen LogP contribution in [0.4, 0.5) is 5.69 Å². The fourth-order valence-corrected chi connectivity index (χ4v) is 3.00. The molecular formula is C17H16N6O3. The summed E-state index contributed by atoms with van der Waals surface area (Å²) in [4.78, 5) is 43.9. The maximum Gasteiger partial charge on any atom is 0.332 e. The number of H-pyrrole nitrogens is 1. The Morgan fingerprint density at radius 3 is 2.81 bits per heavy atom. The maximum absolute atomic E-state index is 12.4. The quantitative estimate of drug-likeness (QED) is 0.561. The summed E-state index contributed by atoms with van der Waals surface area (Å²) in [6.45, 7) is -0.0906. The van der Waals surface area contributed by atoms with E-state index in [1.165, 1.54) is 29.6 Å². The molecule has 26 heavy (non-hydrogen) atoms. The van der Waals surface area contributed by atoms with Crippen molar-refractivity contribution in [1.82, 2.24) is 23.7 Å². The zero-order valence-corrected chi connectivity index (χ0v) is 14.2. The summed E-state index contributed by atoms with van der Waals surface area (Å²) < 4.78 is 3.72. The van der Waals surface area contributed by atoms with Gasteiger partial charge in [-0.25, -0.2) is 9.78 Å². The van der Waals surface area contributed by atoms with E-state index in [4.69, 9.17) is 0 Å². The lowest BCUT2D eigenvalue weighted by molar-refractivity contribution is -0.116. The van der Waals surface area contributed by atoms with Crippen molar-refractivity contribution >= 4 is 33.7 Å². The summed E-state index contributed by atoms with van der Waals surface area (Å²) in [6.07, 6.45) is 3.22. The number of amides is 1. The van der Waals surface area contributed by atoms with Crippen LogP contribution in [0.2, 0.25) is 0 Å². The van der Waals surface area contributed by atoms with Gasteiger partial charge in [-0.05, 0) is 23.6 Å². The van der Waals surface area contributed by atoms with Gasteiger partial charge in [0, 0.05) is 31.5 Å². The number of aryl methyl sites for hydroxylation is 1. The van der Waals surface area contributed by atoms with Crippen molar-refractivity contribution in [3.05, 3.63) is 57.6 Å². The van der Waals surface area contributed by atoms with E-state index >= 15 is 0 Å². The smallest absolute Gasteiger partial charge is 0.332 e. The Hall–Kier alpha value is -3.62. The number of hydrogen-bond acceptors (Lipinski definition) is 4. The standard InChI is InChI=1S/C17H16N6O3/c1-21-15-14(16(25)22(2)17(21)26)23(9-19-15)8-13(24)20-11-4-3-10-5-6-18-12(10)7-11/h3-7,9,18H,8H2,1-2H3,(H,20,24). The predicted octanol–water partition coefficient (Wildman–Crippen LogP) is 0.554. The van der Waals surface area contributed by atoms with Gasteiger partial charge >= 0.3 is 5.69 Å². The molecule has 9 heteroatoms. The van der Waals surface area contributed by atoms with Crippen molar-refractivity contribution in [1.29, 1.82) is 0 Å². The fourth-order valence-electron chi connectivity index (χ4n) is 3.00. The molecule has 0 saturated carbocycles. The SMILES string of the molecule is Cn1c(=O)c2c(ncn2CC(=O)Nc2ccc3cc[nH]c3c2)n(C)c1=O. The fraction of sp³-hybridized carbons (Fsp3) is 0.176. The number of benzene rings is 1. The second kappa shape index (κ2) is 5.73. The molecule has 1 amide bonds. The largest absolute Gasteiger partial charge is 0.361 e. The number of nitrogens with one attached hydrogen (secondary N) is 2. The van der Waals surface area contributed by atoms with Crippen molar-refractivity contribution in [2.24, 2.45) is 14.1 Å². The summed E-state index contributed by atoms with van der Waals surface area (Å²) in [5.74, 6) is -0.300. The first-order chi connectivity index (χ1) is 12.5. The first kappa shape index (κ1) is 15.9. The number of anilines is 1. The van der Waals surface area contributed by atoms with Crippen LogP contribution in [-0.2, 0) is 25.4 Å². The molecule has 2 N–H and O–H groups in total.